The third-order valence-electron chi connectivity index (χ3n) is 7.56. The lowest BCUT2D eigenvalue weighted by Gasteiger charge is -2.33. The zero-order chi connectivity index (χ0) is 24.4. The van der Waals surface area contributed by atoms with Gasteiger partial charge >= 0.3 is 0 Å². The number of halogens is 2. The summed E-state index contributed by atoms with van der Waals surface area (Å²) in [6.45, 7) is -0.364. The predicted octanol–water partition coefficient (Wildman–Crippen LogP) is 5.88. The van der Waals surface area contributed by atoms with E-state index in [-0.39, 0.29) is 24.2 Å². The molecule has 2 aromatic carbocycles. The number of carbonyl (C=O) groups excluding carboxylic acids is 2. The highest BCUT2D eigenvalue weighted by molar-refractivity contribution is 6.11. The van der Waals surface area contributed by atoms with Gasteiger partial charge < -0.3 is 9.64 Å². The molecule has 0 saturated heterocycles. The molecule has 186 valence electrons. The molecule has 2 amide bonds. The van der Waals surface area contributed by atoms with Crippen molar-refractivity contribution in [1.82, 2.24) is 0 Å². The Kier molecular flexibility index (Phi) is 7.14. The Morgan fingerprint density at radius 2 is 1.71 bits per heavy atom. The van der Waals surface area contributed by atoms with E-state index in [2.05, 4.69) is 0 Å². The maximum atomic E-state index is 14.3. The molecule has 0 aromatic heterocycles. The second-order valence-electron chi connectivity index (χ2n) is 9.85. The van der Waals surface area contributed by atoms with Crippen LogP contribution in [0.15, 0.2) is 48.5 Å². The van der Waals surface area contributed by atoms with Crippen LogP contribution in [0, 0.1) is 5.82 Å². The summed E-state index contributed by atoms with van der Waals surface area (Å²) < 4.78 is 34.3. The molecule has 0 spiro atoms. The molecule has 35 heavy (non-hydrogen) atoms. The summed E-state index contributed by atoms with van der Waals surface area (Å²) in [6, 6.07) is 12.4. The molecular weight excluding hydrogens is 450 g/mol. The van der Waals surface area contributed by atoms with Crippen molar-refractivity contribution in [1.29, 1.82) is 0 Å². The minimum absolute atomic E-state index is 0.0812. The number of ether oxygens (including phenoxy) is 1. The van der Waals surface area contributed by atoms with Gasteiger partial charge in [0.05, 0.1) is 6.10 Å². The first-order valence-electron chi connectivity index (χ1n) is 12.8. The molecule has 1 heterocycles. The number of anilines is 2. The monoisotopic (exact) mass is 482 g/mol. The lowest BCUT2D eigenvalue weighted by Crippen LogP contribution is -2.46. The van der Waals surface area contributed by atoms with E-state index in [1.165, 1.54) is 23.1 Å². The van der Waals surface area contributed by atoms with Crippen LogP contribution < -0.4 is 9.80 Å². The standard InChI is InChI=1S/C28H32F2N2O3/c29-19-9-8-12-21(17-19)32(26(33)18-35-25-16-7-5-14-23(25)30)27-22-13-4-6-15-24(22)31(28(27)34)20-10-2-1-3-11-20/h4,6,8-9,12-13,15,17,20,23,25,27H,1-3,5,7,10-11,14,16,18H2. The largest absolute Gasteiger partial charge is 0.365 e. The van der Waals surface area contributed by atoms with Crippen LogP contribution in [0.3, 0.4) is 0 Å². The molecule has 3 unspecified atom stereocenters. The highest BCUT2D eigenvalue weighted by Gasteiger charge is 2.46. The predicted molar refractivity (Wildman–Crippen MR) is 131 cm³/mol. The smallest absolute Gasteiger partial charge is 0.255 e. The van der Waals surface area contributed by atoms with E-state index in [0.29, 0.717) is 12.8 Å². The zero-order valence-corrected chi connectivity index (χ0v) is 19.9. The van der Waals surface area contributed by atoms with E-state index >= 15 is 0 Å². The highest BCUT2D eigenvalue weighted by atomic mass is 19.1. The number of amides is 2. The maximum absolute atomic E-state index is 14.3. The third kappa shape index (κ3) is 4.83. The number of benzene rings is 2. The molecule has 7 heteroatoms. The number of para-hydroxylation sites is 1. The van der Waals surface area contributed by atoms with Crippen LogP contribution in [-0.2, 0) is 14.3 Å². The molecule has 2 aliphatic carbocycles. The zero-order valence-electron chi connectivity index (χ0n) is 19.9. The van der Waals surface area contributed by atoms with Gasteiger partial charge in [-0.3, -0.25) is 14.5 Å². The number of carbonyl (C=O) groups is 2. The fraction of sp³-hybridized carbons (Fsp3) is 0.500. The first kappa shape index (κ1) is 23.9. The van der Waals surface area contributed by atoms with E-state index in [4.69, 9.17) is 4.74 Å². The van der Waals surface area contributed by atoms with E-state index in [0.717, 1.165) is 56.2 Å². The molecule has 0 N–H and O–H groups in total. The topological polar surface area (TPSA) is 49.9 Å². The van der Waals surface area contributed by atoms with E-state index in [1.54, 1.807) is 6.07 Å². The molecule has 5 nitrogen and oxygen atoms in total. The number of rotatable bonds is 6. The first-order chi connectivity index (χ1) is 17.0. The van der Waals surface area contributed by atoms with E-state index in [1.807, 2.05) is 29.2 Å². The van der Waals surface area contributed by atoms with Crippen LogP contribution in [-0.4, -0.2) is 36.7 Å². The Hall–Kier alpha value is -2.80. The molecule has 2 fully saturated rings. The normalized spacial score (nSPS) is 24.9. The summed E-state index contributed by atoms with van der Waals surface area (Å²) in [7, 11) is 0. The Morgan fingerprint density at radius 3 is 2.49 bits per heavy atom. The summed E-state index contributed by atoms with van der Waals surface area (Å²) in [4.78, 5) is 30.8. The first-order valence-corrected chi connectivity index (χ1v) is 12.8. The van der Waals surface area contributed by atoms with Crippen LogP contribution in [0.5, 0.6) is 0 Å². The van der Waals surface area contributed by atoms with Gasteiger partial charge in [0.2, 0.25) is 0 Å². The molecule has 2 saturated carbocycles. The van der Waals surface area contributed by atoms with Gasteiger partial charge in [-0.15, -0.1) is 0 Å². The van der Waals surface area contributed by atoms with Gasteiger partial charge in [-0.1, -0.05) is 56.4 Å². The van der Waals surface area contributed by atoms with Crippen molar-refractivity contribution in [2.24, 2.45) is 0 Å². The summed E-state index contributed by atoms with van der Waals surface area (Å²) in [6.07, 6.45) is 6.06. The summed E-state index contributed by atoms with van der Waals surface area (Å²) in [5, 5.41) is 0. The summed E-state index contributed by atoms with van der Waals surface area (Å²) in [5.41, 5.74) is 1.82. The van der Waals surface area contributed by atoms with Gasteiger partial charge in [0.1, 0.15) is 24.6 Å². The molecule has 3 aliphatic rings. The van der Waals surface area contributed by atoms with E-state index < -0.39 is 30.0 Å². The van der Waals surface area contributed by atoms with Crippen LogP contribution in [0.2, 0.25) is 0 Å². The van der Waals surface area contributed by atoms with Gasteiger partial charge in [-0.05, 0) is 49.9 Å². The average Bonchev–Trinajstić information content (AvgIpc) is 3.16. The third-order valence-corrected chi connectivity index (χ3v) is 7.56. The number of fused-ring (bicyclic) bond motifs is 1. The van der Waals surface area contributed by atoms with Crippen LogP contribution >= 0.6 is 0 Å². The molecular formula is C28H32F2N2O3. The average molecular weight is 483 g/mol. The quantitative estimate of drug-likeness (QED) is 0.517. The Bertz CT molecular complexity index is 1070. The van der Waals surface area contributed by atoms with Crippen LogP contribution in [0.4, 0.5) is 20.2 Å². The minimum atomic E-state index is -1.10. The van der Waals surface area contributed by atoms with Crippen molar-refractivity contribution < 1.29 is 23.1 Å². The molecule has 1 aliphatic heterocycles. The SMILES string of the molecule is O=C1C(N(C(=O)COC2CCCCC2F)c2cccc(F)c2)c2ccccc2N1C1CCCCC1. The number of hydrogen-bond acceptors (Lipinski definition) is 3. The lowest BCUT2D eigenvalue weighted by atomic mass is 9.94. The Morgan fingerprint density at radius 1 is 0.971 bits per heavy atom. The summed E-state index contributed by atoms with van der Waals surface area (Å²) in [5.74, 6) is -1.16. The number of alkyl halides is 1. The van der Waals surface area contributed by atoms with Crippen molar-refractivity contribution in [3.05, 3.63) is 59.9 Å². The van der Waals surface area contributed by atoms with Crippen molar-refractivity contribution >= 4 is 23.2 Å². The Labute approximate surface area is 205 Å². The van der Waals surface area contributed by atoms with Gasteiger partial charge in [0, 0.05) is 23.0 Å². The van der Waals surface area contributed by atoms with Crippen LogP contribution in [0.25, 0.3) is 0 Å². The van der Waals surface area contributed by atoms with Crippen molar-refractivity contribution in [2.45, 2.75) is 82.1 Å². The number of nitrogens with zero attached hydrogens (tertiary/aromatic N) is 2. The summed E-state index contributed by atoms with van der Waals surface area (Å²) >= 11 is 0. The second kappa shape index (κ2) is 10.4. The fourth-order valence-electron chi connectivity index (χ4n) is 5.84. The number of hydrogen-bond donors (Lipinski definition) is 0. The van der Waals surface area contributed by atoms with Crippen molar-refractivity contribution in [3.63, 3.8) is 0 Å². The fourth-order valence-corrected chi connectivity index (χ4v) is 5.84. The van der Waals surface area contributed by atoms with Gasteiger partial charge in [-0.2, -0.15) is 0 Å². The second-order valence-corrected chi connectivity index (χ2v) is 9.85. The molecule has 2 aromatic rings. The van der Waals surface area contributed by atoms with Gasteiger partial charge in [-0.25, -0.2) is 8.78 Å². The molecule has 5 rings (SSSR count). The van der Waals surface area contributed by atoms with Crippen molar-refractivity contribution in [3.8, 4) is 0 Å². The maximum Gasteiger partial charge on any atom is 0.255 e. The van der Waals surface area contributed by atoms with Gasteiger partial charge in [0.25, 0.3) is 11.8 Å². The van der Waals surface area contributed by atoms with E-state index in [9.17, 15) is 18.4 Å². The molecule has 3 atom stereocenters. The lowest BCUT2D eigenvalue weighted by molar-refractivity contribution is -0.130. The molecule has 0 radical (unpaired) electrons. The van der Waals surface area contributed by atoms with Gasteiger partial charge in [0.15, 0.2) is 0 Å². The minimum Gasteiger partial charge on any atom is -0.365 e. The highest BCUT2D eigenvalue weighted by Crippen LogP contribution is 2.44. The van der Waals surface area contributed by atoms with Crippen molar-refractivity contribution in [2.75, 3.05) is 16.4 Å². The Balaban J connectivity index is 1.48. The van der Waals surface area contributed by atoms with Crippen LogP contribution in [0.1, 0.15) is 69.4 Å². The molecule has 0 bridgehead atoms.